The normalized spacial score (nSPS) is 18.8. The molecular formula is C16H20N2O2. The number of nitrogens with zero attached hydrogens (tertiary/aromatic N) is 1. The van der Waals surface area contributed by atoms with Crippen LogP contribution in [0.3, 0.4) is 0 Å². The lowest BCUT2D eigenvalue weighted by Crippen LogP contribution is -2.31. The van der Waals surface area contributed by atoms with Crippen molar-refractivity contribution < 1.29 is 9.47 Å². The third-order valence-corrected chi connectivity index (χ3v) is 4.41. The van der Waals surface area contributed by atoms with Crippen molar-refractivity contribution in [3.63, 3.8) is 0 Å². The molecule has 0 unspecified atom stereocenters. The molecule has 2 aromatic rings. The second-order valence-corrected chi connectivity index (χ2v) is 5.72. The highest BCUT2D eigenvalue weighted by molar-refractivity contribution is 5.86. The molecule has 1 aromatic heterocycles. The fraction of sp³-hybridized carbons (Fsp3) is 0.500. The number of piperidine rings is 1. The Morgan fingerprint density at radius 2 is 1.85 bits per heavy atom. The van der Waals surface area contributed by atoms with Gasteiger partial charge in [-0.15, -0.1) is 0 Å². The molecule has 0 atom stereocenters. The highest BCUT2D eigenvalue weighted by Gasteiger charge is 2.17. The van der Waals surface area contributed by atoms with E-state index in [-0.39, 0.29) is 0 Å². The molecule has 106 valence electrons. The van der Waals surface area contributed by atoms with E-state index in [0.29, 0.717) is 6.79 Å². The van der Waals surface area contributed by atoms with Crippen LogP contribution in [-0.2, 0) is 6.42 Å². The molecule has 4 heteroatoms. The number of rotatable bonds is 3. The Bertz CT molecular complexity index is 614. The average molecular weight is 272 g/mol. The minimum atomic E-state index is 0.338. The van der Waals surface area contributed by atoms with Gasteiger partial charge in [-0.3, -0.25) is 0 Å². The number of hydrogen-bond donors (Lipinski definition) is 1. The third kappa shape index (κ3) is 2.14. The zero-order chi connectivity index (χ0) is 13.4. The van der Waals surface area contributed by atoms with Gasteiger partial charge < -0.3 is 19.4 Å². The first-order valence-electron chi connectivity index (χ1n) is 7.52. The van der Waals surface area contributed by atoms with Crippen molar-refractivity contribution >= 4 is 10.9 Å². The maximum absolute atomic E-state index is 5.48. The number of ether oxygens (including phenoxy) is 2. The van der Waals surface area contributed by atoms with E-state index in [1.54, 1.807) is 0 Å². The molecular weight excluding hydrogens is 252 g/mol. The van der Waals surface area contributed by atoms with E-state index >= 15 is 0 Å². The Labute approximate surface area is 118 Å². The predicted molar refractivity (Wildman–Crippen MR) is 78.4 cm³/mol. The van der Waals surface area contributed by atoms with Gasteiger partial charge in [0, 0.05) is 29.7 Å². The monoisotopic (exact) mass is 272 g/mol. The molecule has 1 N–H and O–H groups in total. The molecule has 3 heterocycles. The molecule has 1 saturated heterocycles. The van der Waals surface area contributed by atoms with Gasteiger partial charge in [0.2, 0.25) is 6.79 Å². The molecule has 20 heavy (non-hydrogen) atoms. The maximum atomic E-state index is 5.48. The summed E-state index contributed by atoms with van der Waals surface area (Å²) in [5, 5.41) is 1.27. The van der Waals surface area contributed by atoms with Crippen molar-refractivity contribution in [1.29, 1.82) is 0 Å². The zero-order valence-electron chi connectivity index (χ0n) is 11.7. The Hall–Kier alpha value is -1.68. The van der Waals surface area contributed by atoms with Gasteiger partial charge in [0.1, 0.15) is 0 Å². The molecule has 1 aromatic carbocycles. The van der Waals surface area contributed by atoms with Crippen LogP contribution in [-0.4, -0.2) is 36.3 Å². The van der Waals surface area contributed by atoms with Crippen LogP contribution in [0.25, 0.3) is 10.9 Å². The number of aromatic nitrogens is 1. The van der Waals surface area contributed by atoms with E-state index < -0.39 is 0 Å². The molecule has 4 rings (SSSR count). The molecule has 0 radical (unpaired) electrons. The summed E-state index contributed by atoms with van der Waals surface area (Å²) in [4.78, 5) is 5.93. The first kappa shape index (κ1) is 12.1. The SMILES string of the molecule is c1[nH]c2cc3c(cc2c1CCN1CCCCC1)OCO3. The smallest absolute Gasteiger partial charge is 0.231 e. The first-order chi connectivity index (χ1) is 9.90. The van der Waals surface area contributed by atoms with Gasteiger partial charge >= 0.3 is 0 Å². The summed E-state index contributed by atoms with van der Waals surface area (Å²) in [5.74, 6) is 1.72. The Morgan fingerprint density at radius 3 is 2.70 bits per heavy atom. The summed E-state index contributed by atoms with van der Waals surface area (Å²) < 4.78 is 10.9. The van der Waals surface area contributed by atoms with Gasteiger partial charge in [-0.1, -0.05) is 6.42 Å². The fourth-order valence-electron chi connectivity index (χ4n) is 3.24. The Balaban J connectivity index is 1.54. The number of benzene rings is 1. The van der Waals surface area contributed by atoms with Crippen molar-refractivity contribution in [2.75, 3.05) is 26.4 Å². The lowest BCUT2D eigenvalue weighted by molar-refractivity contribution is 0.174. The van der Waals surface area contributed by atoms with Gasteiger partial charge in [-0.25, -0.2) is 0 Å². The summed E-state index contributed by atoms with van der Waals surface area (Å²) in [6, 6.07) is 4.15. The van der Waals surface area contributed by atoms with Crippen molar-refractivity contribution in [2.45, 2.75) is 25.7 Å². The van der Waals surface area contributed by atoms with Crippen molar-refractivity contribution in [3.8, 4) is 11.5 Å². The average Bonchev–Trinajstić information content (AvgIpc) is 3.10. The summed E-state index contributed by atoms with van der Waals surface area (Å²) in [5.41, 5.74) is 2.52. The number of fused-ring (bicyclic) bond motifs is 2. The summed E-state index contributed by atoms with van der Waals surface area (Å²) >= 11 is 0. The van der Waals surface area contributed by atoms with Crippen LogP contribution < -0.4 is 9.47 Å². The maximum Gasteiger partial charge on any atom is 0.231 e. The van der Waals surface area contributed by atoms with E-state index in [2.05, 4.69) is 22.1 Å². The Kier molecular flexibility index (Phi) is 3.03. The van der Waals surface area contributed by atoms with Crippen LogP contribution in [0.4, 0.5) is 0 Å². The summed E-state index contributed by atoms with van der Waals surface area (Å²) in [7, 11) is 0. The van der Waals surface area contributed by atoms with Gasteiger partial charge in [-0.2, -0.15) is 0 Å². The van der Waals surface area contributed by atoms with E-state index in [4.69, 9.17) is 9.47 Å². The molecule has 0 spiro atoms. The molecule has 0 amide bonds. The molecule has 0 saturated carbocycles. The second kappa shape index (κ2) is 5.02. The lowest BCUT2D eigenvalue weighted by atomic mass is 10.1. The van der Waals surface area contributed by atoms with Crippen LogP contribution in [0.15, 0.2) is 18.3 Å². The van der Waals surface area contributed by atoms with Crippen molar-refractivity contribution in [3.05, 3.63) is 23.9 Å². The van der Waals surface area contributed by atoms with Crippen LogP contribution >= 0.6 is 0 Å². The van der Waals surface area contributed by atoms with Crippen LogP contribution in [0.1, 0.15) is 24.8 Å². The minimum absolute atomic E-state index is 0.338. The van der Waals surface area contributed by atoms with Gasteiger partial charge in [0.05, 0.1) is 0 Å². The van der Waals surface area contributed by atoms with E-state index in [9.17, 15) is 0 Å². The first-order valence-corrected chi connectivity index (χ1v) is 7.52. The molecule has 2 aliphatic rings. The number of nitrogens with one attached hydrogen (secondary N) is 1. The summed E-state index contributed by atoms with van der Waals surface area (Å²) in [6.07, 6.45) is 7.33. The van der Waals surface area contributed by atoms with E-state index in [0.717, 1.165) is 30.0 Å². The number of hydrogen-bond acceptors (Lipinski definition) is 3. The number of likely N-dealkylation sites (tertiary alicyclic amines) is 1. The molecule has 0 bridgehead atoms. The minimum Gasteiger partial charge on any atom is -0.454 e. The van der Waals surface area contributed by atoms with Crippen molar-refractivity contribution in [2.24, 2.45) is 0 Å². The van der Waals surface area contributed by atoms with Crippen LogP contribution in [0.5, 0.6) is 11.5 Å². The van der Waals surface area contributed by atoms with Crippen molar-refractivity contribution in [1.82, 2.24) is 9.88 Å². The highest BCUT2D eigenvalue weighted by atomic mass is 16.7. The standard InChI is InChI=1S/C16H20N2O2/c1-2-5-18(6-3-1)7-4-12-10-17-14-9-16-15(8-13(12)14)19-11-20-16/h8-10,17H,1-7,11H2. The molecule has 2 aliphatic heterocycles. The fourth-order valence-corrected chi connectivity index (χ4v) is 3.24. The third-order valence-electron chi connectivity index (χ3n) is 4.41. The molecule has 4 nitrogen and oxygen atoms in total. The van der Waals surface area contributed by atoms with E-state index in [1.807, 2.05) is 6.07 Å². The van der Waals surface area contributed by atoms with E-state index in [1.165, 1.54) is 43.3 Å². The molecule has 0 aliphatic carbocycles. The van der Waals surface area contributed by atoms with Gasteiger partial charge in [-0.05, 0) is 44.0 Å². The quantitative estimate of drug-likeness (QED) is 0.933. The Morgan fingerprint density at radius 1 is 1.05 bits per heavy atom. The largest absolute Gasteiger partial charge is 0.454 e. The van der Waals surface area contributed by atoms with Gasteiger partial charge in [0.25, 0.3) is 0 Å². The predicted octanol–water partition coefficient (Wildman–Crippen LogP) is 2.93. The topological polar surface area (TPSA) is 37.5 Å². The molecule has 1 fully saturated rings. The number of H-pyrrole nitrogens is 1. The summed E-state index contributed by atoms with van der Waals surface area (Å²) in [6.45, 7) is 4.01. The highest BCUT2D eigenvalue weighted by Crippen LogP contribution is 2.37. The second-order valence-electron chi connectivity index (χ2n) is 5.72. The zero-order valence-corrected chi connectivity index (χ0v) is 11.7. The van der Waals surface area contributed by atoms with Crippen LogP contribution in [0.2, 0.25) is 0 Å². The number of aromatic amines is 1. The lowest BCUT2D eigenvalue weighted by Gasteiger charge is -2.26. The van der Waals surface area contributed by atoms with Gasteiger partial charge in [0.15, 0.2) is 11.5 Å². The van der Waals surface area contributed by atoms with Crippen LogP contribution in [0, 0.1) is 0 Å².